The second-order valence-electron chi connectivity index (χ2n) is 5.09. The van der Waals surface area contributed by atoms with Crippen LogP contribution in [0.4, 0.5) is 32.8 Å². The largest absolute Gasteiger partial charge is 0.397 e. The Balaban J connectivity index is 2.19. The number of benzene rings is 2. The second-order valence-corrected chi connectivity index (χ2v) is 5.47. The third kappa shape index (κ3) is 2.14. The Hall–Kier alpha value is -2.14. The third-order valence-electron chi connectivity index (χ3n) is 3.75. The summed E-state index contributed by atoms with van der Waals surface area (Å²) in [6, 6.07) is 9.30. The molecule has 0 saturated heterocycles. The third-order valence-corrected chi connectivity index (χ3v) is 4.14. The number of nitrogens with two attached hydrogens (primary N) is 2. The monoisotopic (exact) mass is 306 g/mol. The zero-order valence-corrected chi connectivity index (χ0v) is 12.4. The molecule has 0 spiro atoms. The van der Waals surface area contributed by atoms with Crippen LogP contribution in [0.1, 0.15) is 0 Å². The lowest BCUT2D eigenvalue weighted by molar-refractivity contribution is 0.625. The van der Waals surface area contributed by atoms with Crippen molar-refractivity contribution in [2.75, 3.05) is 41.4 Å². The minimum absolute atomic E-state index is 0.0874. The van der Waals surface area contributed by atoms with Crippen LogP contribution in [0.25, 0.3) is 0 Å². The minimum atomic E-state index is -0.575. The number of hydrogen-bond acceptors (Lipinski definition) is 4. The van der Waals surface area contributed by atoms with E-state index in [1.165, 1.54) is 6.07 Å². The van der Waals surface area contributed by atoms with Crippen molar-refractivity contribution in [3.63, 3.8) is 0 Å². The molecule has 1 heterocycles. The summed E-state index contributed by atoms with van der Waals surface area (Å²) in [5, 5.41) is -0.0874. The van der Waals surface area contributed by atoms with Crippen LogP contribution in [0.2, 0.25) is 5.02 Å². The molecule has 2 aromatic carbocycles. The molecule has 0 amide bonds. The summed E-state index contributed by atoms with van der Waals surface area (Å²) < 4.78 is 14.6. The van der Waals surface area contributed by atoms with Crippen molar-refractivity contribution < 1.29 is 4.39 Å². The standard InChI is InChI=1S/C15H16ClFN4/c1-20-6-7-21(12-5-3-2-4-11(12)20)15-10(19)8-9(18)13(16)14(15)17/h2-5,8H,6-7,18-19H2,1H3. The SMILES string of the molecule is CN1CCN(c2c(N)cc(N)c(Cl)c2F)c2ccccc21. The first-order valence-corrected chi connectivity index (χ1v) is 6.99. The number of likely N-dealkylation sites (N-methyl/N-ethyl adjacent to an activating group) is 1. The Morgan fingerprint density at radius 1 is 1.10 bits per heavy atom. The number of para-hydroxylation sites is 2. The predicted octanol–water partition coefficient (Wildman–Crippen LogP) is 3.23. The fourth-order valence-corrected chi connectivity index (χ4v) is 2.81. The van der Waals surface area contributed by atoms with E-state index >= 15 is 0 Å². The summed E-state index contributed by atoms with van der Waals surface area (Å²) >= 11 is 5.94. The molecule has 6 heteroatoms. The quantitative estimate of drug-likeness (QED) is 0.794. The van der Waals surface area contributed by atoms with E-state index in [1.807, 2.05) is 36.2 Å². The number of anilines is 5. The molecule has 4 nitrogen and oxygen atoms in total. The van der Waals surface area contributed by atoms with Gasteiger partial charge in [0, 0.05) is 20.1 Å². The molecular formula is C15H16ClFN4. The predicted molar refractivity (Wildman–Crippen MR) is 87.0 cm³/mol. The number of fused-ring (bicyclic) bond motifs is 1. The number of rotatable bonds is 1. The Morgan fingerprint density at radius 2 is 1.76 bits per heavy atom. The highest BCUT2D eigenvalue weighted by Gasteiger charge is 2.26. The molecule has 2 aromatic rings. The topological polar surface area (TPSA) is 58.5 Å². The molecule has 0 atom stereocenters. The van der Waals surface area contributed by atoms with Gasteiger partial charge in [-0.15, -0.1) is 0 Å². The van der Waals surface area contributed by atoms with Crippen LogP contribution < -0.4 is 21.3 Å². The van der Waals surface area contributed by atoms with Gasteiger partial charge in [0.25, 0.3) is 0 Å². The Kier molecular flexibility index (Phi) is 3.29. The first-order chi connectivity index (χ1) is 10.0. The molecule has 0 bridgehead atoms. The van der Waals surface area contributed by atoms with E-state index in [-0.39, 0.29) is 22.1 Å². The van der Waals surface area contributed by atoms with Gasteiger partial charge in [0.15, 0.2) is 5.82 Å². The van der Waals surface area contributed by atoms with Gasteiger partial charge in [-0.05, 0) is 18.2 Å². The van der Waals surface area contributed by atoms with Gasteiger partial charge in [0.05, 0.1) is 22.7 Å². The van der Waals surface area contributed by atoms with Gasteiger partial charge in [0.1, 0.15) is 10.7 Å². The van der Waals surface area contributed by atoms with Gasteiger partial charge >= 0.3 is 0 Å². The van der Waals surface area contributed by atoms with E-state index in [2.05, 4.69) is 4.90 Å². The normalized spacial score (nSPS) is 14.2. The summed E-state index contributed by atoms with van der Waals surface area (Å²) in [7, 11) is 2.01. The van der Waals surface area contributed by atoms with E-state index in [0.717, 1.165) is 17.9 Å². The van der Waals surface area contributed by atoms with E-state index in [0.29, 0.717) is 6.54 Å². The van der Waals surface area contributed by atoms with Crippen LogP contribution in [0.5, 0.6) is 0 Å². The highest BCUT2D eigenvalue weighted by atomic mass is 35.5. The maximum Gasteiger partial charge on any atom is 0.169 e. The van der Waals surface area contributed by atoms with Crippen LogP contribution >= 0.6 is 11.6 Å². The fraction of sp³-hybridized carbons (Fsp3) is 0.200. The van der Waals surface area contributed by atoms with E-state index in [4.69, 9.17) is 23.1 Å². The van der Waals surface area contributed by atoms with Gasteiger partial charge < -0.3 is 21.3 Å². The first-order valence-electron chi connectivity index (χ1n) is 6.61. The lowest BCUT2D eigenvalue weighted by Gasteiger charge is -2.37. The van der Waals surface area contributed by atoms with Gasteiger partial charge in [0.2, 0.25) is 0 Å². The van der Waals surface area contributed by atoms with Crippen LogP contribution in [0, 0.1) is 5.82 Å². The lowest BCUT2D eigenvalue weighted by Crippen LogP contribution is -2.37. The van der Waals surface area contributed by atoms with Gasteiger partial charge in [-0.2, -0.15) is 0 Å². The second kappa shape index (κ2) is 5.00. The Morgan fingerprint density at radius 3 is 2.48 bits per heavy atom. The highest BCUT2D eigenvalue weighted by Crippen LogP contribution is 2.43. The Bertz CT molecular complexity index is 704. The molecule has 3 rings (SSSR count). The molecule has 21 heavy (non-hydrogen) atoms. The maximum atomic E-state index is 14.6. The maximum absolute atomic E-state index is 14.6. The average Bonchev–Trinajstić information content (AvgIpc) is 2.47. The van der Waals surface area contributed by atoms with Crippen molar-refractivity contribution in [1.29, 1.82) is 0 Å². The first kappa shape index (κ1) is 13.8. The molecule has 0 fully saturated rings. The molecule has 0 unspecified atom stereocenters. The summed E-state index contributed by atoms with van der Waals surface area (Å²) in [5.41, 5.74) is 14.3. The molecular weight excluding hydrogens is 291 g/mol. The molecule has 110 valence electrons. The summed E-state index contributed by atoms with van der Waals surface area (Å²) in [6.07, 6.45) is 0. The number of nitrogen functional groups attached to an aromatic ring is 2. The average molecular weight is 307 g/mol. The van der Waals surface area contributed by atoms with Crippen molar-refractivity contribution in [3.8, 4) is 0 Å². The number of hydrogen-bond donors (Lipinski definition) is 2. The van der Waals surface area contributed by atoms with Crippen LogP contribution in [0.3, 0.4) is 0 Å². The van der Waals surface area contributed by atoms with Gasteiger partial charge in [-0.3, -0.25) is 0 Å². The molecule has 4 N–H and O–H groups in total. The molecule has 0 aliphatic carbocycles. The van der Waals surface area contributed by atoms with Crippen molar-refractivity contribution in [2.24, 2.45) is 0 Å². The van der Waals surface area contributed by atoms with Crippen molar-refractivity contribution in [1.82, 2.24) is 0 Å². The van der Waals surface area contributed by atoms with Crippen LogP contribution in [0.15, 0.2) is 30.3 Å². The van der Waals surface area contributed by atoms with E-state index in [9.17, 15) is 4.39 Å². The number of nitrogens with zero attached hydrogens (tertiary/aromatic N) is 2. The van der Waals surface area contributed by atoms with Crippen molar-refractivity contribution in [2.45, 2.75) is 0 Å². The molecule has 0 saturated carbocycles. The molecule has 1 aliphatic heterocycles. The van der Waals surface area contributed by atoms with Gasteiger partial charge in [-0.25, -0.2) is 4.39 Å². The van der Waals surface area contributed by atoms with E-state index < -0.39 is 5.82 Å². The Labute approximate surface area is 127 Å². The summed E-state index contributed by atoms with van der Waals surface area (Å²) in [5.74, 6) is -0.575. The van der Waals surface area contributed by atoms with E-state index in [1.54, 1.807) is 0 Å². The number of halogens is 2. The van der Waals surface area contributed by atoms with Crippen molar-refractivity contribution in [3.05, 3.63) is 41.2 Å². The van der Waals surface area contributed by atoms with Crippen LogP contribution in [-0.4, -0.2) is 20.1 Å². The highest BCUT2D eigenvalue weighted by molar-refractivity contribution is 6.33. The minimum Gasteiger partial charge on any atom is -0.397 e. The van der Waals surface area contributed by atoms with Crippen molar-refractivity contribution >= 4 is 40.0 Å². The molecule has 1 aliphatic rings. The summed E-state index contributed by atoms with van der Waals surface area (Å²) in [6.45, 7) is 1.38. The fourth-order valence-electron chi connectivity index (χ4n) is 2.67. The summed E-state index contributed by atoms with van der Waals surface area (Å²) in [4.78, 5) is 3.98. The molecule has 0 aromatic heterocycles. The smallest absolute Gasteiger partial charge is 0.169 e. The zero-order chi connectivity index (χ0) is 15.1. The van der Waals surface area contributed by atoms with Gasteiger partial charge in [-0.1, -0.05) is 23.7 Å². The molecule has 0 radical (unpaired) electrons. The zero-order valence-electron chi connectivity index (χ0n) is 11.6. The lowest BCUT2D eigenvalue weighted by atomic mass is 10.1. The van der Waals surface area contributed by atoms with Crippen LogP contribution in [-0.2, 0) is 0 Å².